The smallest absolute Gasteiger partial charge is 0.0900 e. The number of hydrogen-bond acceptors (Lipinski definition) is 4. The van der Waals surface area contributed by atoms with Crippen LogP contribution in [0.25, 0.3) is 0 Å². The second kappa shape index (κ2) is 8.99. The van der Waals surface area contributed by atoms with Crippen molar-refractivity contribution in [2.24, 2.45) is 0 Å². The summed E-state index contributed by atoms with van der Waals surface area (Å²) in [6, 6.07) is 7.92. The van der Waals surface area contributed by atoms with Gasteiger partial charge in [0.05, 0.1) is 19.3 Å². The highest BCUT2D eigenvalue weighted by molar-refractivity contribution is 7.85. The topological polar surface area (TPSA) is 49.8 Å². The summed E-state index contributed by atoms with van der Waals surface area (Å²) in [5.41, 5.74) is 1.04. The van der Waals surface area contributed by atoms with E-state index in [1.54, 1.807) is 0 Å². The highest BCUT2D eigenvalue weighted by atomic mass is 35.5. The van der Waals surface area contributed by atoms with Crippen molar-refractivity contribution >= 4 is 22.4 Å². The van der Waals surface area contributed by atoms with Gasteiger partial charge in [-0.1, -0.05) is 23.7 Å². The van der Waals surface area contributed by atoms with Crippen LogP contribution in [-0.4, -0.2) is 58.1 Å². The van der Waals surface area contributed by atoms with Crippen molar-refractivity contribution in [1.29, 1.82) is 0 Å². The molecule has 0 saturated carbocycles. The van der Waals surface area contributed by atoms with Crippen molar-refractivity contribution in [3.63, 3.8) is 0 Å². The first-order valence-corrected chi connectivity index (χ1v) is 9.46. The lowest BCUT2D eigenvalue weighted by atomic mass is 10.1. The van der Waals surface area contributed by atoms with E-state index in [9.17, 15) is 9.32 Å². The molecule has 0 radical (unpaired) electrons. The minimum absolute atomic E-state index is 0.311. The monoisotopic (exact) mass is 345 g/mol. The molecule has 4 nitrogen and oxygen atoms in total. The Morgan fingerprint density at radius 3 is 2.64 bits per heavy atom. The van der Waals surface area contributed by atoms with E-state index >= 15 is 0 Å². The largest absolute Gasteiger partial charge is 0.389 e. The number of aliphatic hydroxyl groups excluding tert-OH is 1. The van der Waals surface area contributed by atoms with E-state index in [2.05, 4.69) is 4.90 Å². The molecule has 1 aromatic rings. The van der Waals surface area contributed by atoms with Crippen molar-refractivity contribution in [2.45, 2.75) is 31.6 Å². The van der Waals surface area contributed by atoms with Gasteiger partial charge in [0.15, 0.2) is 0 Å². The normalized spacial score (nSPS) is 23.6. The zero-order valence-electron chi connectivity index (χ0n) is 12.9. The average molecular weight is 346 g/mol. The number of likely N-dealkylation sites (N-methyl/N-ethyl adjacent to an activating group) is 1. The van der Waals surface area contributed by atoms with Crippen molar-refractivity contribution in [3.05, 3.63) is 34.9 Å². The Bertz CT molecular complexity index is 473. The average Bonchev–Trinajstić information content (AvgIpc) is 2.50. The first-order chi connectivity index (χ1) is 10.5. The summed E-state index contributed by atoms with van der Waals surface area (Å²) in [5, 5.41) is 10.8. The molecule has 124 valence electrons. The van der Waals surface area contributed by atoms with Gasteiger partial charge in [0, 0.05) is 39.9 Å². The standard InChI is InChI=1S/C16H24ClNO3S/c1-18(15-6-8-22(20)9-7-15)10-16(19)12-21-11-13-2-4-14(17)5-3-13/h2-5,15-16,19H,6-12H2,1H3. The van der Waals surface area contributed by atoms with Crippen LogP contribution in [0, 0.1) is 0 Å². The van der Waals surface area contributed by atoms with Gasteiger partial charge in [-0.05, 0) is 37.6 Å². The third kappa shape index (κ3) is 5.97. The van der Waals surface area contributed by atoms with Crippen LogP contribution in [0.2, 0.25) is 5.02 Å². The van der Waals surface area contributed by atoms with Crippen LogP contribution in [0.1, 0.15) is 18.4 Å². The van der Waals surface area contributed by atoms with Crippen molar-refractivity contribution in [3.8, 4) is 0 Å². The molecule has 1 aliphatic heterocycles. The molecule has 1 aliphatic rings. The molecule has 0 spiro atoms. The number of hydrogen-bond donors (Lipinski definition) is 1. The van der Waals surface area contributed by atoms with Gasteiger partial charge in [-0.25, -0.2) is 0 Å². The first kappa shape index (κ1) is 17.9. The Kier molecular flexibility index (Phi) is 7.31. The molecule has 1 fully saturated rings. The van der Waals surface area contributed by atoms with E-state index < -0.39 is 16.9 Å². The molecule has 1 heterocycles. The fourth-order valence-electron chi connectivity index (χ4n) is 2.65. The van der Waals surface area contributed by atoms with Crippen molar-refractivity contribution in [1.82, 2.24) is 4.90 Å². The van der Waals surface area contributed by atoms with E-state index in [0.717, 1.165) is 29.9 Å². The Balaban J connectivity index is 1.65. The molecule has 1 N–H and O–H groups in total. The molecule has 1 unspecified atom stereocenters. The molecular weight excluding hydrogens is 322 g/mol. The molecule has 1 aromatic carbocycles. The molecular formula is C16H24ClNO3S. The molecule has 2 rings (SSSR count). The van der Waals surface area contributed by atoms with Gasteiger partial charge < -0.3 is 14.7 Å². The lowest BCUT2D eigenvalue weighted by Gasteiger charge is -2.32. The van der Waals surface area contributed by atoms with E-state index in [4.69, 9.17) is 16.3 Å². The van der Waals surface area contributed by atoms with Gasteiger partial charge in [-0.3, -0.25) is 4.21 Å². The lowest BCUT2D eigenvalue weighted by Crippen LogP contribution is -2.42. The molecule has 0 aliphatic carbocycles. The quantitative estimate of drug-likeness (QED) is 0.821. The van der Waals surface area contributed by atoms with Crippen LogP contribution in [0.3, 0.4) is 0 Å². The predicted molar refractivity (Wildman–Crippen MR) is 90.6 cm³/mol. The van der Waals surface area contributed by atoms with Gasteiger partial charge in [0.1, 0.15) is 0 Å². The molecule has 6 heteroatoms. The van der Waals surface area contributed by atoms with E-state index in [1.165, 1.54) is 0 Å². The maximum atomic E-state index is 11.4. The fourth-order valence-corrected chi connectivity index (χ4v) is 4.05. The van der Waals surface area contributed by atoms with Crippen LogP contribution in [-0.2, 0) is 22.1 Å². The van der Waals surface area contributed by atoms with Gasteiger partial charge >= 0.3 is 0 Å². The number of aliphatic hydroxyl groups is 1. The van der Waals surface area contributed by atoms with Crippen molar-refractivity contribution in [2.75, 3.05) is 31.7 Å². The predicted octanol–water partition coefficient (Wildman–Crippen LogP) is 2.06. The zero-order valence-corrected chi connectivity index (χ0v) is 14.5. The highest BCUT2D eigenvalue weighted by Crippen LogP contribution is 2.15. The molecule has 0 aromatic heterocycles. The third-order valence-electron chi connectivity index (χ3n) is 3.97. The number of benzene rings is 1. The van der Waals surface area contributed by atoms with Gasteiger partial charge in [-0.15, -0.1) is 0 Å². The van der Waals surface area contributed by atoms with E-state index in [1.807, 2.05) is 31.3 Å². The van der Waals surface area contributed by atoms with Crippen molar-refractivity contribution < 1.29 is 14.1 Å². The summed E-state index contributed by atoms with van der Waals surface area (Å²) in [6.45, 7) is 1.36. The molecule has 22 heavy (non-hydrogen) atoms. The van der Waals surface area contributed by atoms with E-state index in [0.29, 0.717) is 30.8 Å². The summed E-state index contributed by atoms with van der Waals surface area (Å²) in [6.07, 6.45) is 1.38. The van der Waals surface area contributed by atoms with E-state index in [-0.39, 0.29) is 0 Å². The first-order valence-electron chi connectivity index (χ1n) is 7.60. The zero-order chi connectivity index (χ0) is 15.9. The number of halogens is 1. The van der Waals surface area contributed by atoms with Crippen LogP contribution in [0.4, 0.5) is 0 Å². The molecule has 0 amide bonds. The number of ether oxygens (including phenoxy) is 1. The van der Waals surface area contributed by atoms with Crippen LogP contribution < -0.4 is 0 Å². The fraction of sp³-hybridized carbons (Fsp3) is 0.625. The Hall–Kier alpha value is -0.460. The van der Waals surface area contributed by atoms with Gasteiger partial charge in [0.25, 0.3) is 0 Å². The lowest BCUT2D eigenvalue weighted by molar-refractivity contribution is 0.00695. The minimum Gasteiger partial charge on any atom is -0.389 e. The minimum atomic E-state index is -0.641. The third-order valence-corrected chi connectivity index (χ3v) is 5.61. The molecule has 0 bridgehead atoms. The highest BCUT2D eigenvalue weighted by Gasteiger charge is 2.22. The van der Waals surface area contributed by atoms with Crippen LogP contribution in [0.15, 0.2) is 24.3 Å². The summed E-state index contributed by atoms with van der Waals surface area (Å²) in [4.78, 5) is 2.16. The summed E-state index contributed by atoms with van der Waals surface area (Å²) >= 11 is 5.83. The Morgan fingerprint density at radius 2 is 2.00 bits per heavy atom. The molecule has 1 atom stereocenters. The van der Waals surface area contributed by atoms with Crippen LogP contribution >= 0.6 is 11.6 Å². The van der Waals surface area contributed by atoms with Gasteiger partial charge in [0.2, 0.25) is 0 Å². The number of nitrogens with zero attached hydrogens (tertiary/aromatic N) is 1. The summed E-state index contributed by atoms with van der Waals surface area (Å²) < 4.78 is 16.9. The second-order valence-electron chi connectivity index (χ2n) is 5.81. The summed E-state index contributed by atoms with van der Waals surface area (Å²) in [7, 11) is 1.37. The number of rotatable bonds is 7. The summed E-state index contributed by atoms with van der Waals surface area (Å²) in [5.74, 6) is 1.55. The Labute approximate surface area is 139 Å². The molecule has 1 saturated heterocycles. The second-order valence-corrected chi connectivity index (χ2v) is 7.95. The maximum Gasteiger partial charge on any atom is 0.0900 e. The maximum absolute atomic E-state index is 11.4. The SMILES string of the molecule is CN(CC(O)COCc1ccc(Cl)cc1)C1CCS(=O)CC1. The van der Waals surface area contributed by atoms with Crippen LogP contribution in [0.5, 0.6) is 0 Å². The Morgan fingerprint density at radius 1 is 1.36 bits per heavy atom. The van der Waals surface area contributed by atoms with Gasteiger partial charge in [-0.2, -0.15) is 0 Å².